The van der Waals surface area contributed by atoms with Gasteiger partial charge in [0, 0.05) is 0 Å². The van der Waals surface area contributed by atoms with E-state index in [0.717, 1.165) is 12.0 Å². The Balaban J connectivity index is 3.06. The molecule has 0 spiro atoms. The number of allylic oxidation sites excluding steroid dienone is 1. The summed E-state index contributed by atoms with van der Waals surface area (Å²) in [5.74, 6) is 0.520. The van der Waals surface area contributed by atoms with Gasteiger partial charge in [0.15, 0.2) is 0 Å². The number of hydrogen-bond donors (Lipinski definition) is 2. The summed E-state index contributed by atoms with van der Waals surface area (Å²) < 4.78 is 0. The zero-order valence-electron chi connectivity index (χ0n) is 17.6. The zero-order chi connectivity index (χ0) is 18.6. The zero-order valence-corrected chi connectivity index (χ0v) is 17.6. The van der Waals surface area contributed by atoms with Crippen molar-refractivity contribution < 1.29 is 0 Å². The van der Waals surface area contributed by atoms with Crippen LogP contribution in [-0.4, -0.2) is 0 Å². The first-order valence-electron chi connectivity index (χ1n) is 11.4. The molecule has 0 radical (unpaired) electrons. The van der Waals surface area contributed by atoms with Crippen LogP contribution in [0.4, 0.5) is 0 Å². The normalized spacial score (nSPS) is 11.0. The third-order valence-electron chi connectivity index (χ3n) is 5.40. The molecule has 0 fully saturated rings. The molecule has 0 aliphatic carbocycles. The van der Waals surface area contributed by atoms with E-state index in [1.165, 1.54) is 116 Å². The van der Waals surface area contributed by atoms with Crippen LogP contribution < -0.4 is 11.5 Å². The molecule has 0 aliphatic heterocycles. The Morgan fingerprint density at radius 3 is 1.04 bits per heavy atom. The van der Waals surface area contributed by atoms with Gasteiger partial charge in [-0.1, -0.05) is 116 Å². The molecule has 0 aromatic rings. The highest BCUT2D eigenvalue weighted by Gasteiger charge is 1.96. The highest BCUT2D eigenvalue weighted by molar-refractivity contribution is 5.03. The van der Waals surface area contributed by atoms with Crippen molar-refractivity contribution in [2.24, 2.45) is 11.5 Å². The third-order valence-corrected chi connectivity index (χ3v) is 5.40. The molecule has 25 heavy (non-hydrogen) atoms. The lowest BCUT2D eigenvalue weighted by atomic mass is 10.0. The quantitative estimate of drug-likeness (QED) is 0.235. The van der Waals surface area contributed by atoms with E-state index >= 15 is 0 Å². The number of rotatable bonds is 19. The largest absolute Gasteiger partial charge is 0.386 e. The highest BCUT2D eigenvalue weighted by atomic mass is 14.8. The number of unbranched alkanes of at least 4 members (excludes halogenated alkanes) is 17. The van der Waals surface area contributed by atoms with Crippen LogP contribution in [0.1, 0.15) is 136 Å². The monoisotopic (exact) mass is 352 g/mol. The summed E-state index contributed by atoms with van der Waals surface area (Å²) in [5, 5.41) is 0. The Hall–Kier alpha value is -0.660. The van der Waals surface area contributed by atoms with Crippen LogP contribution in [0.2, 0.25) is 0 Å². The molecule has 2 nitrogen and oxygen atoms in total. The van der Waals surface area contributed by atoms with E-state index in [-0.39, 0.29) is 0 Å². The van der Waals surface area contributed by atoms with Crippen LogP contribution in [0.3, 0.4) is 0 Å². The van der Waals surface area contributed by atoms with E-state index in [0.29, 0.717) is 5.82 Å². The van der Waals surface area contributed by atoms with E-state index < -0.39 is 0 Å². The van der Waals surface area contributed by atoms with E-state index in [2.05, 4.69) is 6.92 Å². The van der Waals surface area contributed by atoms with Gasteiger partial charge in [-0.25, -0.2) is 0 Å². The van der Waals surface area contributed by atoms with Crippen LogP contribution in [0, 0.1) is 0 Å². The first-order valence-corrected chi connectivity index (χ1v) is 11.4. The maximum absolute atomic E-state index is 5.57. The van der Waals surface area contributed by atoms with Crippen molar-refractivity contribution in [1.82, 2.24) is 0 Å². The average Bonchev–Trinajstić information content (AvgIpc) is 2.60. The predicted molar refractivity (Wildman–Crippen MR) is 114 cm³/mol. The molecule has 0 saturated heterocycles. The van der Waals surface area contributed by atoms with Crippen LogP contribution in [0.5, 0.6) is 0 Å². The summed E-state index contributed by atoms with van der Waals surface area (Å²) in [6, 6.07) is 0. The minimum atomic E-state index is 0.520. The second-order valence-corrected chi connectivity index (χ2v) is 8.00. The Kier molecular flexibility index (Phi) is 19.1. The SMILES string of the molecule is CCCCCCCCCCCCCCCCCCCCC(C)=C(N)N. The number of nitrogens with two attached hydrogens (primary N) is 2. The van der Waals surface area contributed by atoms with Crippen molar-refractivity contribution in [3.8, 4) is 0 Å². The molecule has 0 unspecified atom stereocenters. The van der Waals surface area contributed by atoms with E-state index in [4.69, 9.17) is 11.5 Å². The summed E-state index contributed by atoms with van der Waals surface area (Å²) in [7, 11) is 0. The van der Waals surface area contributed by atoms with Crippen molar-refractivity contribution in [2.75, 3.05) is 0 Å². The van der Waals surface area contributed by atoms with Gasteiger partial charge in [-0.15, -0.1) is 0 Å². The Labute approximate surface area is 159 Å². The maximum atomic E-state index is 5.57. The molecule has 0 saturated carbocycles. The standard InChI is InChI=1S/C23H48N2/c1-3-4-5-6-7-8-9-10-11-12-13-14-15-16-17-18-19-20-21-22(2)23(24)25/h3-21,24-25H2,1-2H3. The molecular formula is C23H48N2. The van der Waals surface area contributed by atoms with Crippen molar-refractivity contribution in [3.63, 3.8) is 0 Å². The van der Waals surface area contributed by atoms with Gasteiger partial charge in [-0.3, -0.25) is 0 Å². The molecule has 2 heteroatoms. The van der Waals surface area contributed by atoms with Crippen molar-refractivity contribution in [3.05, 3.63) is 11.4 Å². The van der Waals surface area contributed by atoms with Crippen molar-refractivity contribution in [2.45, 2.75) is 136 Å². The van der Waals surface area contributed by atoms with Gasteiger partial charge in [-0.05, 0) is 25.3 Å². The van der Waals surface area contributed by atoms with Gasteiger partial charge >= 0.3 is 0 Å². The lowest BCUT2D eigenvalue weighted by molar-refractivity contribution is 0.525. The Bertz CT molecular complexity index is 292. The van der Waals surface area contributed by atoms with Gasteiger partial charge in [0.2, 0.25) is 0 Å². The van der Waals surface area contributed by atoms with Crippen LogP contribution in [0.25, 0.3) is 0 Å². The molecular weight excluding hydrogens is 304 g/mol. The summed E-state index contributed by atoms with van der Waals surface area (Å²) in [6.07, 6.45) is 26.7. The molecule has 0 heterocycles. The molecule has 0 aromatic carbocycles. The molecule has 0 bridgehead atoms. The lowest BCUT2D eigenvalue weighted by Gasteiger charge is -2.05. The third kappa shape index (κ3) is 19.5. The fraction of sp³-hybridized carbons (Fsp3) is 0.913. The van der Waals surface area contributed by atoms with Crippen molar-refractivity contribution >= 4 is 0 Å². The molecule has 0 atom stereocenters. The summed E-state index contributed by atoms with van der Waals surface area (Å²) in [4.78, 5) is 0. The Morgan fingerprint density at radius 1 is 0.480 bits per heavy atom. The minimum absolute atomic E-state index is 0.520. The van der Waals surface area contributed by atoms with Crippen molar-refractivity contribution in [1.29, 1.82) is 0 Å². The Morgan fingerprint density at radius 2 is 0.760 bits per heavy atom. The maximum Gasteiger partial charge on any atom is 0.0922 e. The molecule has 0 aromatic heterocycles. The topological polar surface area (TPSA) is 52.0 Å². The van der Waals surface area contributed by atoms with E-state index in [9.17, 15) is 0 Å². The molecule has 0 rings (SSSR count). The van der Waals surface area contributed by atoms with Gasteiger partial charge < -0.3 is 11.5 Å². The lowest BCUT2D eigenvalue weighted by Crippen LogP contribution is -2.10. The molecule has 0 aliphatic rings. The van der Waals surface area contributed by atoms with Gasteiger partial charge in [0.1, 0.15) is 0 Å². The molecule has 4 N–H and O–H groups in total. The first kappa shape index (κ1) is 24.3. The second-order valence-electron chi connectivity index (χ2n) is 8.00. The predicted octanol–water partition coefficient (Wildman–Crippen LogP) is 7.57. The molecule has 0 amide bonds. The average molecular weight is 353 g/mol. The second kappa shape index (κ2) is 19.7. The van der Waals surface area contributed by atoms with Gasteiger partial charge in [0.25, 0.3) is 0 Å². The summed E-state index contributed by atoms with van der Waals surface area (Å²) >= 11 is 0. The van der Waals surface area contributed by atoms with Gasteiger partial charge in [-0.2, -0.15) is 0 Å². The smallest absolute Gasteiger partial charge is 0.0922 e. The van der Waals surface area contributed by atoms with Gasteiger partial charge in [0.05, 0.1) is 5.82 Å². The molecule has 150 valence electrons. The summed E-state index contributed by atoms with van der Waals surface area (Å²) in [6.45, 7) is 4.34. The van der Waals surface area contributed by atoms with E-state index in [1.54, 1.807) is 0 Å². The van der Waals surface area contributed by atoms with Crippen LogP contribution in [-0.2, 0) is 0 Å². The van der Waals surface area contributed by atoms with Crippen LogP contribution >= 0.6 is 0 Å². The first-order chi connectivity index (χ1) is 12.2. The minimum Gasteiger partial charge on any atom is -0.386 e. The van der Waals surface area contributed by atoms with Crippen LogP contribution in [0.15, 0.2) is 11.4 Å². The fourth-order valence-electron chi connectivity index (χ4n) is 3.44. The summed E-state index contributed by atoms with van der Waals surface area (Å²) in [5.41, 5.74) is 12.3. The number of hydrogen-bond acceptors (Lipinski definition) is 2. The van der Waals surface area contributed by atoms with E-state index in [1.807, 2.05) is 6.92 Å². The highest BCUT2D eigenvalue weighted by Crippen LogP contribution is 2.15. The fourth-order valence-corrected chi connectivity index (χ4v) is 3.44.